The molecule has 0 aliphatic carbocycles. The normalized spacial score (nSPS) is 10.6. The fraction of sp³-hybridized carbons (Fsp3) is 0.0500. The maximum absolute atomic E-state index is 9.28. The monoisotopic (exact) mass is 375 g/mol. The van der Waals surface area contributed by atoms with Crippen molar-refractivity contribution >= 4 is 34.0 Å². The number of halogens is 1. The molecule has 6 nitrogen and oxygen atoms in total. The Bertz CT molecular complexity index is 1180. The largest absolute Gasteiger partial charge is 0.455 e. The number of nitrogens with zero attached hydrogens (tertiary/aromatic N) is 3. The number of hydrogen-bond acceptors (Lipinski definition) is 5. The minimum absolute atomic E-state index is 0.238. The van der Waals surface area contributed by atoms with Crippen LogP contribution in [0.1, 0.15) is 11.4 Å². The van der Waals surface area contributed by atoms with Crippen LogP contribution < -0.4 is 10.1 Å². The van der Waals surface area contributed by atoms with Crippen LogP contribution in [0.2, 0.25) is 5.02 Å². The predicted molar refractivity (Wildman–Crippen MR) is 105 cm³/mol. The summed E-state index contributed by atoms with van der Waals surface area (Å²) in [6, 6.07) is 14.9. The second kappa shape index (κ2) is 6.98. The molecule has 3 heterocycles. The second-order valence-electron chi connectivity index (χ2n) is 5.93. The van der Waals surface area contributed by atoms with E-state index in [1.165, 1.54) is 0 Å². The molecule has 0 bridgehead atoms. The van der Waals surface area contributed by atoms with E-state index >= 15 is 0 Å². The van der Waals surface area contributed by atoms with E-state index in [0.717, 1.165) is 22.3 Å². The lowest BCUT2D eigenvalue weighted by Gasteiger charge is -2.10. The predicted octanol–water partition coefficient (Wildman–Crippen LogP) is 5.33. The van der Waals surface area contributed by atoms with Crippen LogP contribution in [-0.4, -0.2) is 15.0 Å². The molecule has 0 spiro atoms. The molecule has 1 aromatic carbocycles. The number of aromatic nitrogens is 3. The van der Waals surface area contributed by atoms with Crippen LogP contribution in [0.25, 0.3) is 10.9 Å². The first kappa shape index (κ1) is 16.9. The van der Waals surface area contributed by atoms with Crippen LogP contribution in [0.4, 0.5) is 11.5 Å². The fourth-order valence-corrected chi connectivity index (χ4v) is 2.80. The van der Waals surface area contributed by atoms with Crippen molar-refractivity contribution in [3.8, 4) is 17.6 Å². The Morgan fingerprint density at radius 3 is 2.85 bits per heavy atom. The van der Waals surface area contributed by atoms with Crippen molar-refractivity contribution in [3.63, 3.8) is 0 Å². The molecule has 132 valence electrons. The van der Waals surface area contributed by atoms with Gasteiger partial charge in [-0.05, 0) is 30.5 Å². The molecule has 27 heavy (non-hydrogen) atoms. The van der Waals surface area contributed by atoms with Crippen molar-refractivity contribution in [2.75, 3.05) is 5.32 Å². The van der Waals surface area contributed by atoms with Gasteiger partial charge in [-0.25, -0.2) is 4.98 Å². The van der Waals surface area contributed by atoms with Crippen molar-refractivity contribution < 1.29 is 4.74 Å². The van der Waals surface area contributed by atoms with Gasteiger partial charge in [0.05, 0.1) is 16.9 Å². The van der Waals surface area contributed by atoms with E-state index in [1.807, 2.05) is 43.5 Å². The molecule has 0 unspecified atom stereocenters. The fourth-order valence-electron chi connectivity index (χ4n) is 2.64. The Labute approximate surface area is 160 Å². The van der Waals surface area contributed by atoms with Crippen LogP contribution in [0, 0.1) is 18.3 Å². The van der Waals surface area contributed by atoms with Crippen molar-refractivity contribution in [1.82, 2.24) is 15.0 Å². The summed E-state index contributed by atoms with van der Waals surface area (Å²) in [6.45, 7) is 1.81. The van der Waals surface area contributed by atoms with Gasteiger partial charge in [-0.3, -0.25) is 4.98 Å². The second-order valence-corrected chi connectivity index (χ2v) is 6.34. The van der Waals surface area contributed by atoms with Gasteiger partial charge >= 0.3 is 0 Å². The van der Waals surface area contributed by atoms with Crippen LogP contribution in [0.5, 0.6) is 11.5 Å². The standard InChI is InChI=1S/C20H14ClN5O/c1-12-18(21)8-17(11-24-12)27-16-6-15(10-22)26-20(9-16)25-14-3-2-13-4-5-23-19(13)7-14/h2-9,11,23H,1H3,(H,25,26). The SMILES string of the molecule is Cc1ncc(Oc2cc(C#N)nc(Nc3ccc4cc[nH]c4c3)c2)cc1Cl. The Hall–Kier alpha value is -3.56. The Balaban J connectivity index is 1.63. The summed E-state index contributed by atoms with van der Waals surface area (Å²) in [7, 11) is 0. The van der Waals surface area contributed by atoms with Gasteiger partial charge in [0.25, 0.3) is 0 Å². The Morgan fingerprint density at radius 2 is 2.04 bits per heavy atom. The van der Waals surface area contributed by atoms with E-state index in [4.69, 9.17) is 16.3 Å². The van der Waals surface area contributed by atoms with Gasteiger partial charge < -0.3 is 15.0 Å². The maximum atomic E-state index is 9.28. The Kier molecular flexibility index (Phi) is 4.37. The third-order valence-electron chi connectivity index (χ3n) is 3.98. The summed E-state index contributed by atoms with van der Waals surface area (Å²) < 4.78 is 5.81. The highest BCUT2D eigenvalue weighted by Crippen LogP contribution is 2.28. The first-order chi connectivity index (χ1) is 13.1. The lowest BCUT2D eigenvalue weighted by molar-refractivity contribution is 0.479. The molecule has 0 atom stereocenters. The molecular weight excluding hydrogens is 362 g/mol. The van der Waals surface area contributed by atoms with Gasteiger partial charge in [0.2, 0.25) is 0 Å². The molecule has 3 aromatic heterocycles. The van der Waals surface area contributed by atoms with Gasteiger partial charge in [0, 0.05) is 35.6 Å². The number of anilines is 2. The number of aryl methyl sites for hydroxylation is 1. The van der Waals surface area contributed by atoms with E-state index in [2.05, 4.69) is 20.3 Å². The van der Waals surface area contributed by atoms with Crippen LogP contribution in [0.15, 0.2) is 54.9 Å². The molecule has 0 aliphatic heterocycles. The lowest BCUT2D eigenvalue weighted by Crippen LogP contribution is -1.97. The summed E-state index contributed by atoms with van der Waals surface area (Å²) in [5.74, 6) is 1.45. The number of pyridine rings is 2. The summed E-state index contributed by atoms with van der Waals surface area (Å²) in [5.41, 5.74) is 2.81. The van der Waals surface area contributed by atoms with E-state index < -0.39 is 0 Å². The van der Waals surface area contributed by atoms with Gasteiger partial charge in [0.15, 0.2) is 0 Å². The summed E-state index contributed by atoms with van der Waals surface area (Å²) in [5, 5.41) is 14.1. The van der Waals surface area contributed by atoms with Gasteiger partial charge in [-0.15, -0.1) is 0 Å². The number of rotatable bonds is 4. The zero-order chi connectivity index (χ0) is 18.8. The van der Waals surface area contributed by atoms with E-state index in [9.17, 15) is 5.26 Å². The van der Waals surface area contributed by atoms with Gasteiger partial charge in [-0.1, -0.05) is 17.7 Å². The first-order valence-electron chi connectivity index (χ1n) is 8.17. The number of nitrogens with one attached hydrogen (secondary N) is 2. The molecule has 2 N–H and O–H groups in total. The number of benzene rings is 1. The maximum Gasteiger partial charge on any atom is 0.147 e. The Morgan fingerprint density at radius 1 is 1.15 bits per heavy atom. The zero-order valence-electron chi connectivity index (χ0n) is 14.3. The molecule has 0 saturated heterocycles. The molecule has 0 fully saturated rings. The molecule has 0 saturated carbocycles. The first-order valence-corrected chi connectivity index (χ1v) is 8.55. The van der Waals surface area contributed by atoms with Gasteiger partial charge in [0.1, 0.15) is 29.1 Å². The summed E-state index contributed by atoms with van der Waals surface area (Å²) in [4.78, 5) is 11.6. The third-order valence-corrected chi connectivity index (χ3v) is 4.36. The quantitative estimate of drug-likeness (QED) is 0.503. The number of nitriles is 1. The molecule has 0 amide bonds. The van der Waals surface area contributed by atoms with Crippen molar-refractivity contribution in [2.24, 2.45) is 0 Å². The average molecular weight is 376 g/mol. The number of aromatic amines is 1. The number of hydrogen-bond donors (Lipinski definition) is 2. The third kappa shape index (κ3) is 3.68. The molecule has 7 heteroatoms. The molecule has 4 rings (SSSR count). The van der Waals surface area contributed by atoms with Crippen molar-refractivity contribution in [3.05, 3.63) is 71.3 Å². The number of H-pyrrole nitrogens is 1. The molecular formula is C20H14ClN5O. The highest BCUT2D eigenvalue weighted by Gasteiger charge is 2.08. The van der Waals surface area contributed by atoms with E-state index in [1.54, 1.807) is 24.4 Å². The summed E-state index contributed by atoms with van der Waals surface area (Å²) >= 11 is 6.09. The topological polar surface area (TPSA) is 86.6 Å². The zero-order valence-corrected chi connectivity index (χ0v) is 15.1. The highest BCUT2D eigenvalue weighted by atomic mass is 35.5. The van der Waals surface area contributed by atoms with E-state index in [-0.39, 0.29) is 5.69 Å². The number of fused-ring (bicyclic) bond motifs is 1. The van der Waals surface area contributed by atoms with Crippen LogP contribution >= 0.6 is 11.6 Å². The lowest BCUT2D eigenvalue weighted by atomic mass is 10.2. The molecule has 0 radical (unpaired) electrons. The van der Waals surface area contributed by atoms with E-state index in [0.29, 0.717) is 22.3 Å². The van der Waals surface area contributed by atoms with Crippen LogP contribution in [-0.2, 0) is 0 Å². The smallest absolute Gasteiger partial charge is 0.147 e. The molecule has 4 aromatic rings. The van der Waals surface area contributed by atoms with Crippen molar-refractivity contribution in [2.45, 2.75) is 6.92 Å². The average Bonchev–Trinajstić information content (AvgIpc) is 3.12. The number of ether oxygens (including phenoxy) is 1. The minimum atomic E-state index is 0.238. The molecule has 0 aliphatic rings. The van der Waals surface area contributed by atoms with Gasteiger partial charge in [-0.2, -0.15) is 5.26 Å². The minimum Gasteiger partial charge on any atom is -0.455 e. The summed E-state index contributed by atoms with van der Waals surface area (Å²) in [6.07, 6.45) is 3.47. The van der Waals surface area contributed by atoms with Crippen molar-refractivity contribution in [1.29, 1.82) is 5.26 Å². The highest BCUT2D eigenvalue weighted by molar-refractivity contribution is 6.31. The van der Waals surface area contributed by atoms with Crippen LogP contribution in [0.3, 0.4) is 0 Å².